The van der Waals surface area contributed by atoms with Crippen molar-refractivity contribution in [1.82, 2.24) is 20.2 Å². The Morgan fingerprint density at radius 3 is 2.56 bits per heavy atom. The molecule has 0 fully saturated rings. The molecule has 0 radical (unpaired) electrons. The van der Waals surface area contributed by atoms with Crippen molar-refractivity contribution in [1.29, 1.82) is 0 Å². The van der Waals surface area contributed by atoms with Crippen LogP contribution in [0.15, 0.2) is 47.4 Å². The number of alkyl halides is 2. The molecular formula is C22H21ClF2N6O4S. The van der Waals surface area contributed by atoms with E-state index in [1.807, 2.05) is 0 Å². The van der Waals surface area contributed by atoms with Crippen LogP contribution >= 0.6 is 11.6 Å². The lowest BCUT2D eigenvalue weighted by atomic mass is 10.2. The monoisotopic (exact) mass is 538 g/mol. The van der Waals surface area contributed by atoms with Crippen molar-refractivity contribution in [3.63, 3.8) is 0 Å². The van der Waals surface area contributed by atoms with Gasteiger partial charge >= 0.3 is 0 Å². The number of hydrogen-bond acceptors (Lipinski definition) is 8. The van der Waals surface area contributed by atoms with Crippen molar-refractivity contribution < 1.29 is 26.7 Å². The molecule has 2 aromatic carbocycles. The highest BCUT2D eigenvalue weighted by atomic mass is 35.5. The number of anilines is 1. The topological polar surface area (TPSA) is 145 Å². The van der Waals surface area contributed by atoms with Crippen molar-refractivity contribution in [3.05, 3.63) is 53.2 Å². The molecule has 4 aromatic rings. The van der Waals surface area contributed by atoms with E-state index in [4.69, 9.17) is 26.8 Å². The molecule has 14 heteroatoms. The lowest BCUT2D eigenvalue weighted by Gasteiger charge is -2.15. The molecule has 0 amide bonds. The molecule has 2 aromatic heterocycles. The Morgan fingerprint density at radius 1 is 1.17 bits per heavy atom. The fourth-order valence-electron chi connectivity index (χ4n) is 3.21. The first-order valence-corrected chi connectivity index (χ1v) is 12.3. The van der Waals surface area contributed by atoms with Crippen LogP contribution in [0, 0.1) is 6.92 Å². The minimum absolute atomic E-state index is 0.0312. The van der Waals surface area contributed by atoms with Gasteiger partial charge in [-0.3, -0.25) is 9.82 Å². The Labute approximate surface area is 209 Å². The van der Waals surface area contributed by atoms with E-state index < -0.39 is 29.1 Å². The Kier molecular flexibility index (Phi) is 6.98. The van der Waals surface area contributed by atoms with Gasteiger partial charge in [0.15, 0.2) is 18.1 Å². The number of H-pyrrole nitrogens is 1. The van der Waals surface area contributed by atoms with Gasteiger partial charge in [-0.1, -0.05) is 11.6 Å². The fourth-order valence-corrected chi connectivity index (χ4v) is 4.79. The van der Waals surface area contributed by atoms with Crippen LogP contribution in [0.2, 0.25) is 5.02 Å². The van der Waals surface area contributed by atoms with Crippen LogP contribution in [0.5, 0.6) is 11.6 Å². The summed E-state index contributed by atoms with van der Waals surface area (Å²) in [5.41, 5.74) is 6.57. The molecule has 0 bridgehead atoms. The molecule has 4 rings (SSSR count). The first-order chi connectivity index (χ1) is 17.0. The van der Waals surface area contributed by atoms with Gasteiger partial charge in [-0.2, -0.15) is 10.1 Å². The molecule has 2 heterocycles. The lowest BCUT2D eigenvalue weighted by molar-refractivity contribution is -0.0326. The molecule has 0 saturated carbocycles. The van der Waals surface area contributed by atoms with Crippen LogP contribution < -0.4 is 19.9 Å². The standard InChI is InChI=1S/C22H21ClF2N6O4S/c1-12-18-20(30-29-12)27-19(28-21(18)35-11-22(24,25)10-26)13-3-5-14(6-4-13)31-36(32,33)17-9-15(34-2)7-8-16(17)23/h3-9,31H,10-11,26H2,1-2H3,(H,27,28,29,30). The minimum Gasteiger partial charge on any atom is -0.497 e. The SMILES string of the molecule is COc1ccc(Cl)c(S(=O)(=O)Nc2ccc(-c3nc(OCC(F)(F)CN)c4c(C)[nH]nc4n3)cc2)c1. The highest BCUT2D eigenvalue weighted by Gasteiger charge is 2.29. The molecule has 0 saturated heterocycles. The molecule has 0 unspecified atom stereocenters. The second-order valence-corrected chi connectivity index (χ2v) is 9.79. The zero-order chi connectivity index (χ0) is 26.1. The minimum atomic E-state index is -4.02. The normalized spacial score (nSPS) is 12.1. The molecule has 0 aliphatic carbocycles. The molecule has 0 aliphatic heterocycles. The third-order valence-corrected chi connectivity index (χ3v) is 6.97. The number of benzene rings is 2. The zero-order valence-electron chi connectivity index (χ0n) is 19.0. The molecule has 36 heavy (non-hydrogen) atoms. The second kappa shape index (κ2) is 9.84. The molecule has 0 atom stereocenters. The smallest absolute Gasteiger partial charge is 0.293 e. The van der Waals surface area contributed by atoms with E-state index in [9.17, 15) is 17.2 Å². The quantitative estimate of drug-likeness (QED) is 0.292. The van der Waals surface area contributed by atoms with E-state index in [1.165, 1.54) is 31.4 Å². The van der Waals surface area contributed by atoms with Crippen LogP contribution in [0.1, 0.15) is 5.69 Å². The fraction of sp³-hybridized carbons (Fsp3) is 0.227. The summed E-state index contributed by atoms with van der Waals surface area (Å²) in [6, 6.07) is 10.4. The number of nitrogens with two attached hydrogens (primary N) is 1. The first-order valence-electron chi connectivity index (χ1n) is 10.4. The van der Waals surface area contributed by atoms with Gasteiger partial charge in [0.05, 0.1) is 18.7 Å². The number of aryl methyl sites for hydroxylation is 1. The Balaban J connectivity index is 1.62. The summed E-state index contributed by atoms with van der Waals surface area (Å²) in [6.45, 7) is -0.161. The predicted octanol–water partition coefficient (Wildman–Crippen LogP) is 3.76. The van der Waals surface area contributed by atoms with Gasteiger partial charge in [0.25, 0.3) is 15.9 Å². The highest BCUT2D eigenvalue weighted by molar-refractivity contribution is 7.92. The van der Waals surface area contributed by atoms with E-state index >= 15 is 0 Å². The molecule has 10 nitrogen and oxygen atoms in total. The molecule has 4 N–H and O–H groups in total. The number of halogens is 3. The van der Waals surface area contributed by atoms with Crippen molar-refractivity contribution >= 4 is 38.3 Å². The number of rotatable bonds is 9. The van der Waals surface area contributed by atoms with Gasteiger partial charge in [-0.25, -0.2) is 22.2 Å². The number of nitrogens with zero attached hydrogens (tertiary/aromatic N) is 3. The summed E-state index contributed by atoms with van der Waals surface area (Å²) in [7, 11) is -2.61. The molecular weight excluding hydrogens is 518 g/mol. The molecule has 0 spiro atoms. The van der Waals surface area contributed by atoms with E-state index in [1.54, 1.807) is 25.1 Å². The Bertz CT molecular complexity index is 1510. The second-order valence-electron chi connectivity index (χ2n) is 7.73. The maximum Gasteiger partial charge on any atom is 0.293 e. The number of fused-ring (bicyclic) bond motifs is 1. The maximum absolute atomic E-state index is 13.7. The number of nitrogens with one attached hydrogen (secondary N) is 2. The van der Waals surface area contributed by atoms with Gasteiger partial charge in [-0.15, -0.1) is 0 Å². The highest BCUT2D eigenvalue weighted by Crippen LogP contribution is 2.31. The van der Waals surface area contributed by atoms with Gasteiger partial charge in [0.2, 0.25) is 5.88 Å². The Hall–Kier alpha value is -3.55. The molecule has 0 aliphatic rings. The van der Waals surface area contributed by atoms with E-state index in [0.717, 1.165) is 0 Å². The van der Waals surface area contributed by atoms with Crippen molar-refractivity contribution in [2.45, 2.75) is 17.7 Å². The first kappa shape index (κ1) is 25.5. The number of hydrogen-bond donors (Lipinski definition) is 3. The number of sulfonamides is 1. The summed E-state index contributed by atoms with van der Waals surface area (Å²) in [5.74, 6) is -2.84. The van der Waals surface area contributed by atoms with E-state index in [2.05, 4.69) is 24.9 Å². The van der Waals surface area contributed by atoms with Crippen LogP contribution in [0.3, 0.4) is 0 Å². The van der Waals surface area contributed by atoms with Crippen LogP contribution in [-0.2, 0) is 10.0 Å². The summed E-state index contributed by atoms with van der Waals surface area (Å²) in [5, 5.41) is 7.20. The third-order valence-electron chi connectivity index (χ3n) is 5.10. The average Bonchev–Trinajstić information content (AvgIpc) is 3.23. The zero-order valence-corrected chi connectivity index (χ0v) is 20.6. The average molecular weight is 539 g/mol. The molecule has 190 valence electrons. The largest absolute Gasteiger partial charge is 0.497 e. The van der Waals surface area contributed by atoms with Crippen molar-refractivity contribution in [2.24, 2.45) is 5.73 Å². The summed E-state index contributed by atoms with van der Waals surface area (Å²) in [4.78, 5) is 8.50. The van der Waals surface area contributed by atoms with E-state index in [0.29, 0.717) is 22.4 Å². The van der Waals surface area contributed by atoms with Crippen LogP contribution in [0.4, 0.5) is 14.5 Å². The van der Waals surface area contributed by atoms with Crippen LogP contribution in [0.25, 0.3) is 22.4 Å². The van der Waals surface area contributed by atoms with Gasteiger partial charge < -0.3 is 15.2 Å². The number of ether oxygens (including phenoxy) is 2. The summed E-state index contributed by atoms with van der Waals surface area (Å²) in [6.07, 6.45) is 0. The van der Waals surface area contributed by atoms with Crippen molar-refractivity contribution in [3.8, 4) is 23.0 Å². The van der Waals surface area contributed by atoms with E-state index in [-0.39, 0.29) is 33.0 Å². The van der Waals surface area contributed by atoms with Gasteiger partial charge in [0, 0.05) is 23.0 Å². The number of methoxy groups -OCH3 is 1. The Morgan fingerprint density at radius 2 is 1.89 bits per heavy atom. The number of aromatic nitrogens is 4. The predicted molar refractivity (Wildman–Crippen MR) is 130 cm³/mol. The lowest BCUT2D eigenvalue weighted by Crippen LogP contribution is -2.34. The van der Waals surface area contributed by atoms with Gasteiger partial charge in [0.1, 0.15) is 16.0 Å². The third kappa shape index (κ3) is 5.32. The van der Waals surface area contributed by atoms with Crippen LogP contribution in [-0.4, -0.2) is 54.8 Å². The van der Waals surface area contributed by atoms with Gasteiger partial charge in [-0.05, 0) is 43.3 Å². The maximum atomic E-state index is 13.7. The summed E-state index contributed by atoms with van der Waals surface area (Å²) < 4.78 is 65.8. The number of aromatic amines is 1. The summed E-state index contributed by atoms with van der Waals surface area (Å²) >= 11 is 6.07. The van der Waals surface area contributed by atoms with Crippen molar-refractivity contribution in [2.75, 3.05) is 25.0 Å².